The number of aromatic amines is 1. The molecule has 0 saturated carbocycles. The van der Waals surface area contributed by atoms with E-state index in [2.05, 4.69) is 52.5 Å². The van der Waals surface area contributed by atoms with Crippen LogP contribution in [-0.2, 0) is 50.1 Å². The second-order valence-corrected chi connectivity index (χ2v) is 24.1. The van der Waals surface area contributed by atoms with Crippen LogP contribution in [0.15, 0.2) is 89.4 Å². The molecule has 0 radical (unpaired) electrons. The maximum Gasteiger partial charge on any atom is 0.342 e. The summed E-state index contributed by atoms with van der Waals surface area (Å²) in [7, 11) is 6.18. The number of hydrogen-bond acceptors (Lipinski definition) is 21. The van der Waals surface area contributed by atoms with Crippen molar-refractivity contribution in [2.45, 2.75) is 111 Å². The Morgan fingerprint density at radius 3 is 1.91 bits per heavy atom. The molecule has 6 rings (SSSR count). The summed E-state index contributed by atoms with van der Waals surface area (Å²) in [6.07, 6.45) is 0.875. The summed E-state index contributed by atoms with van der Waals surface area (Å²) in [6.45, 7) is 20.6. The van der Waals surface area contributed by atoms with Crippen LogP contribution in [0.1, 0.15) is 140 Å². The lowest BCUT2D eigenvalue weighted by Crippen LogP contribution is -2.46. The number of H-pyrrole nitrogens is 1. The van der Waals surface area contributed by atoms with Gasteiger partial charge in [0, 0.05) is 117 Å². The number of ether oxygens (including phenoxy) is 3. The van der Waals surface area contributed by atoms with Crippen LogP contribution in [0.2, 0.25) is 0 Å². The number of hydrogen-bond donors (Lipinski definition) is 6. The minimum absolute atomic E-state index is 0.0317. The highest BCUT2D eigenvalue weighted by molar-refractivity contribution is 6.16. The highest BCUT2D eigenvalue weighted by Gasteiger charge is 2.37. The minimum atomic E-state index is -1.27. The van der Waals surface area contributed by atoms with E-state index in [0.717, 1.165) is 11.1 Å². The average Bonchev–Trinajstić information content (AvgIpc) is 0.788. The molecule has 26 heteroatoms. The Hall–Kier alpha value is -11.0. The van der Waals surface area contributed by atoms with Gasteiger partial charge in [-0.2, -0.15) is 15.8 Å². The van der Waals surface area contributed by atoms with E-state index >= 15 is 0 Å². The summed E-state index contributed by atoms with van der Waals surface area (Å²) < 4.78 is 16.7. The van der Waals surface area contributed by atoms with E-state index in [0.29, 0.717) is 56.4 Å². The number of methoxy groups -OCH3 is 1. The molecule has 98 heavy (non-hydrogen) atoms. The molecule has 0 saturated heterocycles. The first-order chi connectivity index (χ1) is 46.3. The summed E-state index contributed by atoms with van der Waals surface area (Å²) in [4.78, 5) is 137. The number of carbonyl (C=O) groups excluding carboxylic acids is 9. The van der Waals surface area contributed by atoms with Crippen molar-refractivity contribution in [2.24, 2.45) is 34.8 Å². The highest BCUT2D eigenvalue weighted by atomic mass is 16.5. The molecule has 3 heterocycles. The maximum absolute atomic E-state index is 14.8. The standard InChI is InChI=1S/C52H62N8O7.C9H8N2O2.C8H13NO3.C3H4N2O/c1-31-24-45(63)49(60(6)51(65)36(17-19-54)29-44(62)39-28-37(30-57)48(58-32(39)2)34-10-13-38(14-11-34)52(3,4)5)35-12-16-47(67-23-21-56)41(27-35)40-25-33(9-15-46(40)66-22-20-55)26-42(59-50(31)64)43(61)8-7-18-53;1-5-8(6(2)12)3-7(4-10)9(13)11-5;1-6(10)7(5-9(2)3)8(11)12-4;1-5-2-3(4)6/h9-16,25,27-28,31,36,42,49H,7-8,17,19-24,26,29,54-56H2,1-6H3,(H,59,64);3H,1-2H3,(H,11,13);5H,1-4H3;2H2,(H2,4,6)/b;;7-5-;/t31-,36-,42+,49+;;;/m1.../s1. The van der Waals surface area contributed by atoms with Gasteiger partial charge in [-0.15, -0.1) is 0 Å². The number of nitrogens with zero attached hydrogens (tertiary/aromatic N) is 7. The number of Topliss-reactive ketones (excluding diaryl/α,β-unsaturated/α-hetero) is 5. The van der Waals surface area contributed by atoms with Gasteiger partial charge in [0.2, 0.25) is 11.8 Å². The van der Waals surface area contributed by atoms with Gasteiger partial charge in [-0.05, 0) is 106 Å². The molecule has 26 nitrogen and oxygen atoms in total. The van der Waals surface area contributed by atoms with Crippen molar-refractivity contribution >= 4 is 52.6 Å². The third kappa shape index (κ3) is 23.7. The summed E-state index contributed by atoms with van der Waals surface area (Å²) in [6, 6.07) is 24.6. The molecule has 0 unspecified atom stereocenters. The van der Waals surface area contributed by atoms with Crippen LogP contribution in [0.25, 0.3) is 27.2 Å². The number of aromatic nitrogens is 2. The number of ketones is 5. The molecule has 3 amide bonds. The fourth-order valence-electron chi connectivity index (χ4n) is 10.1. The number of likely N-dealkylation sites (N-methyl/N-ethyl adjacent to an activating group) is 1. The molecule has 518 valence electrons. The van der Waals surface area contributed by atoms with Crippen molar-refractivity contribution in [3.05, 3.63) is 157 Å². The Labute approximate surface area is 571 Å². The second kappa shape index (κ2) is 39.1. The monoisotopic (exact) mass is 1340 g/mol. The van der Waals surface area contributed by atoms with E-state index in [-0.39, 0.29) is 123 Å². The SMILES string of the molecule is CC(=O)c1cc(C#N)c(=O)[nH]c1C.COC(=O)/C(=C\N(C)C)C(C)=O.Cc1nc(-c2ccc(C(C)(C)C)cc2)c(C#N)cc1C(=O)C[C@@H](CCN)C(=O)N(C)[C@@H]1C(=O)C[C@@H](C)C(=O)N[C@H](C(=O)CCC#N)Cc2ccc(OCCN)c(c2)-c2cc1ccc2OCCN.[C-]#[N+]CC(N)=O. The minimum Gasteiger partial charge on any atom is -0.492 e. The fourth-order valence-corrected chi connectivity index (χ4v) is 10.1. The number of pyridine rings is 2. The van der Waals surface area contributed by atoms with E-state index in [4.69, 9.17) is 43.5 Å². The number of aryl methyl sites for hydroxylation is 2. The molecule has 2 aromatic heterocycles. The van der Waals surface area contributed by atoms with Gasteiger partial charge in [-0.3, -0.25) is 48.1 Å². The quantitative estimate of drug-likeness (QED) is 0.0113. The molecule has 5 aromatic rings. The van der Waals surface area contributed by atoms with E-state index in [1.807, 2.05) is 36.4 Å². The molecule has 1 aliphatic rings. The first-order valence-electron chi connectivity index (χ1n) is 31.2. The number of nitrogens with one attached hydrogen (secondary N) is 2. The largest absolute Gasteiger partial charge is 0.492 e. The molecule has 0 spiro atoms. The predicted molar refractivity (Wildman–Crippen MR) is 366 cm³/mol. The maximum atomic E-state index is 14.8. The first-order valence-corrected chi connectivity index (χ1v) is 31.2. The molecule has 4 bridgehead atoms. The van der Waals surface area contributed by atoms with Gasteiger partial charge in [0.05, 0.1) is 30.5 Å². The van der Waals surface area contributed by atoms with Gasteiger partial charge in [0.25, 0.3) is 18.0 Å². The topological polar surface area (TPSA) is 425 Å². The van der Waals surface area contributed by atoms with Crippen LogP contribution in [0.3, 0.4) is 0 Å². The van der Waals surface area contributed by atoms with Crippen LogP contribution in [-0.4, -0.2) is 146 Å². The zero-order valence-electron chi connectivity index (χ0n) is 57.5. The number of carbonyl (C=O) groups is 9. The van der Waals surface area contributed by atoms with Crippen molar-refractivity contribution < 1.29 is 57.4 Å². The zero-order valence-corrected chi connectivity index (χ0v) is 57.5. The lowest BCUT2D eigenvalue weighted by atomic mass is 9.86. The number of benzene rings is 3. The van der Waals surface area contributed by atoms with Crippen molar-refractivity contribution in [3.63, 3.8) is 0 Å². The normalized spacial score (nSPS) is 14.4. The lowest BCUT2D eigenvalue weighted by molar-refractivity contribution is -0.142. The number of rotatable bonds is 22. The van der Waals surface area contributed by atoms with Crippen LogP contribution >= 0.6 is 0 Å². The second-order valence-electron chi connectivity index (χ2n) is 24.1. The zero-order chi connectivity index (χ0) is 73.7. The summed E-state index contributed by atoms with van der Waals surface area (Å²) in [5, 5.41) is 30.8. The Morgan fingerprint density at radius 1 is 0.816 bits per heavy atom. The van der Waals surface area contributed by atoms with Gasteiger partial charge in [0.1, 0.15) is 54.0 Å². The number of fused-ring (bicyclic) bond motifs is 5. The number of amides is 3. The van der Waals surface area contributed by atoms with E-state index in [1.54, 1.807) is 76.2 Å². The van der Waals surface area contributed by atoms with Crippen LogP contribution < -0.4 is 43.3 Å². The molecule has 3 aromatic carbocycles. The Balaban J connectivity index is 0.000000656. The number of nitrogens with two attached hydrogens (primary N) is 4. The van der Waals surface area contributed by atoms with E-state index in [9.17, 15) is 58.5 Å². The Kier molecular flexibility index (Phi) is 32.4. The Bertz CT molecular complexity index is 4010. The third-order valence-electron chi connectivity index (χ3n) is 15.1. The van der Waals surface area contributed by atoms with Crippen LogP contribution in [0.5, 0.6) is 11.5 Å². The molecule has 10 N–H and O–H groups in total. The van der Waals surface area contributed by atoms with Crippen molar-refractivity contribution in [3.8, 4) is 52.1 Å². The Morgan fingerprint density at radius 2 is 1.41 bits per heavy atom. The molecular weight excluding hydrogens is 1250 g/mol. The average molecular weight is 1340 g/mol. The van der Waals surface area contributed by atoms with E-state index < -0.39 is 64.7 Å². The number of esters is 1. The molecule has 0 fully saturated rings. The van der Waals surface area contributed by atoms with Crippen molar-refractivity contribution in [1.82, 2.24) is 25.1 Å². The van der Waals surface area contributed by atoms with Crippen LogP contribution in [0.4, 0.5) is 0 Å². The molecular formula is C72H87N13O13. The summed E-state index contributed by atoms with van der Waals surface area (Å²) in [5.74, 6) is -5.08. The van der Waals surface area contributed by atoms with Crippen molar-refractivity contribution in [2.75, 3.05) is 67.6 Å². The first kappa shape index (κ1) is 81.2. The summed E-state index contributed by atoms with van der Waals surface area (Å²) >= 11 is 0. The highest BCUT2D eigenvalue weighted by Crippen LogP contribution is 2.41. The number of nitriles is 3. The van der Waals surface area contributed by atoms with Crippen LogP contribution in [0, 0.1) is 66.2 Å². The fraction of sp³-hybridized carbons (Fsp3) is 0.403. The summed E-state index contributed by atoms with van der Waals surface area (Å²) in [5.41, 5.74) is 27.8. The van der Waals surface area contributed by atoms with Gasteiger partial charge >= 0.3 is 5.97 Å². The smallest absolute Gasteiger partial charge is 0.342 e. The lowest BCUT2D eigenvalue weighted by Gasteiger charge is -2.32. The van der Waals surface area contributed by atoms with Gasteiger partial charge in [-0.25, -0.2) is 11.4 Å². The predicted octanol–water partition coefficient (Wildman–Crippen LogP) is 6.16. The molecule has 4 atom stereocenters. The van der Waals surface area contributed by atoms with E-state index in [1.165, 1.54) is 51.2 Å². The van der Waals surface area contributed by atoms with Gasteiger partial charge < -0.3 is 62.1 Å². The third-order valence-corrected chi connectivity index (χ3v) is 15.1. The van der Waals surface area contributed by atoms with Gasteiger partial charge in [-0.1, -0.05) is 64.1 Å². The number of primary amides is 1. The van der Waals surface area contributed by atoms with Crippen molar-refractivity contribution in [1.29, 1.82) is 15.8 Å². The molecule has 1 aliphatic heterocycles. The molecule has 0 aliphatic carbocycles. The van der Waals surface area contributed by atoms with Gasteiger partial charge in [0.15, 0.2) is 28.9 Å².